The van der Waals surface area contributed by atoms with Crippen molar-refractivity contribution in [3.05, 3.63) is 41.6 Å². The molecule has 0 saturated carbocycles. The van der Waals surface area contributed by atoms with Crippen molar-refractivity contribution < 1.29 is 14.7 Å². The van der Waals surface area contributed by atoms with Gasteiger partial charge in [0.05, 0.1) is 23.4 Å². The molecule has 1 aliphatic rings. The van der Waals surface area contributed by atoms with Gasteiger partial charge in [0.1, 0.15) is 18.7 Å². The molecule has 0 aliphatic carbocycles. The molecule has 8 heteroatoms. The van der Waals surface area contributed by atoms with Crippen LogP contribution in [-0.2, 0) is 16.1 Å². The van der Waals surface area contributed by atoms with E-state index in [1.54, 1.807) is 28.9 Å². The van der Waals surface area contributed by atoms with Crippen LogP contribution in [0.4, 0.5) is 0 Å². The minimum atomic E-state index is -0.794. The lowest BCUT2D eigenvalue weighted by Crippen LogP contribution is -2.39. The van der Waals surface area contributed by atoms with Gasteiger partial charge in [0, 0.05) is 29.9 Å². The number of nitrogens with zero attached hydrogens (tertiary/aromatic N) is 5. The summed E-state index contributed by atoms with van der Waals surface area (Å²) in [5, 5.41) is 15.7. The van der Waals surface area contributed by atoms with Gasteiger partial charge in [0.2, 0.25) is 5.91 Å². The van der Waals surface area contributed by atoms with Crippen LogP contribution >= 0.6 is 0 Å². The normalized spacial score (nSPS) is 19.7. The van der Waals surface area contributed by atoms with Gasteiger partial charge < -0.3 is 14.8 Å². The van der Waals surface area contributed by atoms with E-state index in [1.165, 1.54) is 0 Å². The fourth-order valence-corrected chi connectivity index (χ4v) is 4.40. The van der Waals surface area contributed by atoms with Gasteiger partial charge >= 0.3 is 0 Å². The minimum Gasteiger partial charge on any atom is -0.387 e. The molecule has 3 heterocycles. The summed E-state index contributed by atoms with van der Waals surface area (Å²) in [5.74, 6) is 0.850. The van der Waals surface area contributed by atoms with Crippen molar-refractivity contribution in [1.82, 2.24) is 24.6 Å². The van der Waals surface area contributed by atoms with Crippen LogP contribution in [0.25, 0.3) is 22.0 Å². The maximum Gasteiger partial charge on any atom is 0.244 e. The number of aliphatic hydroxyl groups excluding tert-OH is 1. The zero-order chi connectivity index (χ0) is 22.3. The van der Waals surface area contributed by atoms with Crippen LogP contribution in [0, 0.1) is 19.8 Å². The van der Waals surface area contributed by atoms with Gasteiger partial charge in [-0.25, -0.2) is 9.97 Å². The van der Waals surface area contributed by atoms with E-state index in [-0.39, 0.29) is 18.5 Å². The number of aromatic nitrogens is 4. The van der Waals surface area contributed by atoms with Crippen LogP contribution in [0.5, 0.6) is 0 Å². The van der Waals surface area contributed by atoms with E-state index >= 15 is 0 Å². The van der Waals surface area contributed by atoms with Gasteiger partial charge in [-0.05, 0) is 56.4 Å². The number of aliphatic hydroxyl groups is 1. The maximum atomic E-state index is 13.0. The van der Waals surface area contributed by atoms with E-state index in [0.717, 1.165) is 33.9 Å². The van der Waals surface area contributed by atoms with Gasteiger partial charge in [-0.3, -0.25) is 9.48 Å². The third kappa shape index (κ3) is 3.95. The van der Waals surface area contributed by atoms with Crippen LogP contribution in [-0.4, -0.2) is 54.5 Å². The number of aldehydes is 1. The predicted molar refractivity (Wildman–Crippen MR) is 116 cm³/mol. The molecule has 0 radical (unpaired) electrons. The van der Waals surface area contributed by atoms with Gasteiger partial charge in [-0.15, -0.1) is 0 Å². The molecule has 1 amide bonds. The van der Waals surface area contributed by atoms with Crippen molar-refractivity contribution in [2.24, 2.45) is 5.92 Å². The van der Waals surface area contributed by atoms with Crippen molar-refractivity contribution in [2.45, 2.75) is 52.8 Å². The quantitative estimate of drug-likeness (QED) is 0.636. The highest BCUT2D eigenvalue weighted by molar-refractivity contribution is 5.91. The number of amides is 1. The first-order valence-corrected chi connectivity index (χ1v) is 10.5. The topological polar surface area (TPSA) is 101 Å². The van der Waals surface area contributed by atoms with E-state index < -0.39 is 6.10 Å². The van der Waals surface area contributed by atoms with Crippen LogP contribution < -0.4 is 0 Å². The Bertz CT molecular complexity index is 1140. The van der Waals surface area contributed by atoms with Crippen LogP contribution in [0.1, 0.15) is 43.5 Å². The fourth-order valence-electron chi connectivity index (χ4n) is 4.40. The molecule has 0 bridgehead atoms. The predicted octanol–water partition coefficient (Wildman–Crippen LogP) is 2.60. The second-order valence-corrected chi connectivity index (χ2v) is 8.52. The summed E-state index contributed by atoms with van der Waals surface area (Å²) in [6.45, 7) is 8.09. The van der Waals surface area contributed by atoms with Crippen LogP contribution in [0.15, 0.2) is 24.5 Å². The lowest BCUT2D eigenvalue weighted by molar-refractivity contribution is -0.135. The second-order valence-electron chi connectivity index (χ2n) is 8.52. The molecule has 162 valence electrons. The Balaban J connectivity index is 1.75. The van der Waals surface area contributed by atoms with E-state index in [0.29, 0.717) is 30.4 Å². The summed E-state index contributed by atoms with van der Waals surface area (Å²) < 4.78 is 1.65. The summed E-state index contributed by atoms with van der Waals surface area (Å²) >= 11 is 0. The molecule has 3 aromatic rings. The highest BCUT2D eigenvalue weighted by Gasteiger charge is 2.33. The average Bonchev–Trinajstić information content (AvgIpc) is 3.29. The molecular weight excluding hydrogens is 394 g/mol. The number of likely N-dealkylation sites (tertiary alicyclic amines) is 1. The molecule has 31 heavy (non-hydrogen) atoms. The van der Waals surface area contributed by atoms with Crippen LogP contribution in [0.3, 0.4) is 0 Å². The number of carbonyl (C=O) groups excluding carboxylic acids is 2. The molecule has 3 atom stereocenters. The molecule has 4 rings (SSSR count). The van der Waals surface area contributed by atoms with Crippen molar-refractivity contribution in [3.8, 4) is 11.1 Å². The fraction of sp³-hybridized carbons (Fsp3) is 0.435. The summed E-state index contributed by atoms with van der Waals surface area (Å²) in [5.41, 5.74) is 4.04. The number of benzene rings is 1. The van der Waals surface area contributed by atoms with Gasteiger partial charge in [-0.2, -0.15) is 5.10 Å². The number of fused-ring (bicyclic) bond motifs is 1. The Labute approximate surface area is 180 Å². The average molecular weight is 422 g/mol. The Hall–Kier alpha value is -3.13. The lowest BCUT2D eigenvalue weighted by atomic mass is 10.0. The maximum absolute atomic E-state index is 13.0. The molecule has 1 N–H and O–H groups in total. The molecule has 8 nitrogen and oxygen atoms in total. The first kappa shape index (κ1) is 21.1. The molecule has 1 aliphatic heterocycles. The van der Waals surface area contributed by atoms with E-state index in [9.17, 15) is 14.7 Å². The molecule has 1 fully saturated rings. The first-order valence-electron chi connectivity index (χ1n) is 10.5. The Morgan fingerprint density at radius 2 is 1.97 bits per heavy atom. The highest BCUT2D eigenvalue weighted by atomic mass is 16.3. The monoisotopic (exact) mass is 421 g/mol. The number of rotatable bonds is 5. The minimum absolute atomic E-state index is 0.0219. The molecular formula is C23H27N5O3. The molecule has 0 spiro atoms. The summed E-state index contributed by atoms with van der Waals surface area (Å²) in [6.07, 6.45) is 4.29. The number of carbonyl (C=O) groups is 2. The Morgan fingerprint density at radius 3 is 2.61 bits per heavy atom. The van der Waals surface area contributed by atoms with Crippen molar-refractivity contribution >= 4 is 23.1 Å². The summed E-state index contributed by atoms with van der Waals surface area (Å²) in [4.78, 5) is 34.6. The highest BCUT2D eigenvalue weighted by Crippen LogP contribution is 2.32. The summed E-state index contributed by atoms with van der Waals surface area (Å²) in [7, 11) is 0. The van der Waals surface area contributed by atoms with Gasteiger partial charge in [0.25, 0.3) is 0 Å². The Morgan fingerprint density at radius 1 is 1.26 bits per heavy atom. The van der Waals surface area contributed by atoms with E-state index in [2.05, 4.69) is 15.1 Å². The number of hydrogen-bond acceptors (Lipinski definition) is 6. The molecule has 1 saturated heterocycles. The third-order valence-corrected chi connectivity index (χ3v) is 5.89. The molecule has 1 aromatic carbocycles. The van der Waals surface area contributed by atoms with Gasteiger partial charge in [-0.1, -0.05) is 6.92 Å². The largest absolute Gasteiger partial charge is 0.387 e. The zero-order valence-corrected chi connectivity index (χ0v) is 18.2. The van der Waals surface area contributed by atoms with Crippen LogP contribution in [0.2, 0.25) is 0 Å². The number of aryl methyl sites for hydroxylation is 2. The zero-order valence-electron chi connectivity index (χ0n) is 18.2. The standard InChI is InChI=1S/C23H27N5O3/c1-13-5-19(12-29)27(10-13)21(31)11-28-23-14(2)6-17(18-8-24-16(4)25-9-18)7-20(23)22(26-28)15(3)30/h6-9,12-13,15,19,30H,5,10-11H2,1-4H3. The third-order valence-electron chi connectivity index (χ3n) is 5.89. The second kappa shape index (κ2) is 8.19. The van der Waals surface area contributed by atoms with Crippen molar-refractivity contribution in [1.29, 1.82) is 0 Å². The van der Waals surface area contributed by atoms with E-state index in [1.807, 2.05) is 32.9 Å². The van der Waals surface area contributed by atoms with Gasteiger partial charge in [0.15, 0.2) is 0 Å². The SMILES string of the molecule is Cc1ncc(-c2cc(C)c3c(c2)c(C(C)O)nn3CC(=O)N2CC(C)CC2C=O)cn1. The first-order chi connectivity index (χ1) is 14.8. The molecule has 3 unspecified atom stereocenters. The lowest BCUT2D eigenvalue weighted by Gasteiger charge is -2.20. The van der Waals surface area contributed by atoms with E-state index in [4.69, 9.17) is 0 Å². The molecule has 2 aromatic heterocycles. The smallest absolute Gasteiger partial charge is 0.244 e. The van der Waals surface area contributed by atoms with Crippen molar-refractivity contribution in [2.75, 3.05) is 6.54 Å². The van der Waals surface area contributed by atoms with Crippen molar-refractivity contribution in [3.63, 3.8) is 0 Å². The summed E-state index contributed by atoms with van der Waals surface area (Å²) in [6, 6.07) is 3.59. The number of hydrogen-bond donors (Lipinski definition) is 1. The Kier molecular flexibility index (Phi) is 5.58.